The van der Waals surface area contributed by atoms with Crippen molar-refractivity contribution < 1.29 is 29.3 Å². The predicted octanol–water partition coefficient (Wildman–Crippen LogP) is 3.75. The molecule has 172 valence electrons. The summed E-state index contributed by atoms with van der Waals surface area (Å²) in [5.74, 6) is 0.0174. The van der Waals surface area contributed by atoms with Crippen LogP contribution in [0.3, 0.4) is 0 Å². The first-order chi connectivity index (χ1) is 15.6. The van der Waals surface area contributed by atoms with Crippen molar-refractivity contribution in [2.75, 3.05) is 6.61 Å². The Kier molecular flexibility index (Phi) is 5.75. The van der Waals surface area contributed by atoms with E-state index in [9.17, 15) is 24.6 Å². The zero-order valence-corrected chi connectivity index (χ0v) is 19.2. The molecule has 0 spiro atoms. The summed E-state index contributed by atoms with van der Waals surface area (Å²) in [6.07, 6.45) is 0.470. The predicted molar refractivity (Wildman–Crippen MR) is 122 cm³/mol. The number of rotatable bonds is 6. The Morgan fingerprint density at radius 2 is 1.94 bits per heavy atom. The fraction of sp³-hybridized carbons (Fsp3) is 0.292. The van der Waals surface area contributed by atoms with Crippen molar-refractivity contribution in [3.63, 3.8) is 0 Å². The van der Waals surface area contributed by atoms with Crippen molar-refractivity contribution in [1.29, 1.82) is 0 Å². The van der Waals surface area contributed by atoms with Gasteiger partial charge in [-0.25, -0.2) is 0 Å². The molecule has 1 unspecified atom stereocenters. The molecular weight excluding hydrogens is 446 g/mol. The minimum absolute atomic E-state index is 0.0608. The summed E-state index contributed by atoms with van der Waals surface area (Å²) in [6, 6.07) is 8.57. The van der Waals surface area contributed by atoms with E-state index in [0.29, 0.717) is 22.6 Å². The zero-order chi connectivity index (χ0) is 23.9. The third kappa shape index (κ3) is 4.49. The molecule has 1 aromatic heterocycles. The number of aromatic nitrogens is 1. The first-order valence-electron chi connectivity index (χ1n) is 10.3. The molecule has 2 aromatic carbocycles. The molecule has 0 fully saturated rings. The van der Waals surface area contributed by atoms with Crippen molar-refractivity contribution >= 4 is 22.9 Å². The van der Waals surface area contributed by atoms with Gasteiger partial charge < -0.3 is 19.7 Å². The highest BCUT2D eigenvalue weighted by Crippen LogP contribution is 2.41. The van der Waals surface area contributed by atoms with Crippen LogP contribution in [0.1, 0.15) is 57.0 Å². The summed E-state index contributed by atoms with van der Waals surface area (Å²) < 4.78 is 12.0. The van der Waals surface area contributed by atoms with Crippen molar-refractivity contribution in [1.82, 2.24) is 4.98 Å². The molecule has 33 heavy (non-hydrogen) atoms. The van der Waals surface area contributed by atoms with E-state index in [-0.39, 0.29) is 58.0 Å². The number of fused-ring (bicyclic) bond motifs is 1. The number of nitrogens with one attached hydrogen (secondary N) is 1. The van der Waals surface area contributed by atoms with Gasteiger partial charge in [0.1, 0.15) is 29.5 Å². The van der Waals surface area contributed by atoms with Crippen molar-refractivity contribution in [3.8, 4) is 23.1 Å². The molecule has 0 saturated heterocycles. The Labute approximate surface area is 193 Å². The van der Waals surface area contributed by atoms with Crippen LogP contribution in [-0.4, -0.2) is 39.0 Å². The van der Waals surface area contributed by atoms with Gasteiger partial charge in [0.15, 0.2) is 11.6 Å². The van der Waals surface area contributed by atoms with E-state index in [2.05, 4.69) is 4.98 Å². The zero-order valence-electron chi connectivity index (χ0n) is 18.4. The molecule has 4 rings (SSSR count). The molecular formula is C24H23NO7S. The fourth-order valence-corrected chi connectivity index (χ4v) is 4.55. The average Bonchev–Trinajstić information content (AvgIpc) is 3.07. The van der Waals surface area contributed by atoms with Gasteiger partial charge in [-0.1, -0.05) is 23.5 Å². The molecule has 1 atom stereocenters. The van der Waals surface area contributed by atoms with E-state index in [4.69, 9.17) is 9.47 Å². The average molecular weight is 470 g/mol. The van der Waals surface area contributed by atoms with E-state index in [1.54, 1.807) is 26.0 Å². The highest BCUT2D eigenvalue weighted by atomic mass is 32.1. The summed E-state index contributed by atoms with van der Waals surface area (Å²) in [6.45, 7) is 4.79. The highest BCUT2D eigenvalue weighted by Gasteiger charge is 2.39. The maximum atomic E-state index is 12.8. The molecule has 0 amide bonds. The number of H-pyrrole nitrogens is 1. The maximum absolute atomic E-state index is 12.8. The first-order valence-corrected chi connectivity index (χ1v) is 11.1. The van der Waals surface area contributed by atoms with E-state index in [1.807, 2.05) is 12.1 Å². The van der Waals surface area contributed by atoms with Gasteiger partial charge in [-0.15, -0.1) is 0 Å². The second-order valence-electron chi connectivity index (χ2n) is 8.38. The molecule has 0 radical (unpaired) electrons. The normalized spacial score (nSPS) is 17.4. The number of ether oxygens (including phenoxy) is 2. The molecule has 3 aromatic rings. The third-order valence-electron chi connectivity index (χ3n) is 5.58. The molecule has 0 aliphatic carbocycles. The van der Waals surface area contributed by atoms with Gasteiger partial charge in [-0.3, -0.25) is 19.4 Å². The first kappa shape index (κ1) is 22.6. The van der Waals surface area contributed by atoms with Crippen LogP contribution in [-0.2, 0) is 6.42 Å². The van der Waals surface area contributed by atoms with Gasteiger partial charge in [0.05, 0.1) is 22.4 Å². The van der Waals surface area contributed by atoms with E-state index in [1.165, 1.54) is 13.0 Å². The number of Topliss-reactive ketones (excluding diaryl/α,β-unsaturated/α-hetero) is 2. The summed E-state index contributed by atoms with van der Waals surface area (Å²) in [5.41, 5.74) is 0.665. The lowest BCUT2D eigenvalue weighted by atomic mass is 9.88. The molecule has 3 N–H and O–H groups in total. The van der Waals surface area contributed by atoms with Gasteiger partial charge in [0.25, 0.3) is 0 Å². The lowest BCUT2D eigenvalue weighted by molar-refractivity contribution is 0.0183. The topological polar surface area (TPSA) is 126 Å². The molecule has 9 heteroatoms. The minimum atomic E-state index is -0.958. The lowest BCUT2D eigenvalue weighted by Gasteiger charge is -2.35. The standard InChI is InChI=1S/C24H23NO7S/c1-12-20(28)16(13(2)26)9-17-18(27)10-24(3,32-21(12)17)11-31-15-6-4-14(5-7-15)8-19-22(29)25-23(30)33-19/h4-7,9,28-29H,8,10-11H2,1-3H3,(H,25,30). The number of benzene rings is 2. The highest BCUT2D eigenvalue weighted by molar-refractivity contribution is 7.09. The number of aromatic amines is 1. The molecule has 1 aliphatic heterocycles. The Hall–Kier alpha value is -3.59. The van der Waals surface area contributed by atoms with Crippen molar-refractivity contribution in [2.45, 2.75) is 39.2 Å². The monoisotopic (exact) mass is 469 g/mol. The maximum Gasteiger partial charge on any atom is 0.307 e. The van der Waals surface area contributed by atoms with Crippen LogP contribution >= 0.6 is 11.3 Å². The number of aromatic hydroxyl groups is 2. The molecule has 8 nitrogen and oxygen atoms in total. The quantitative estimate of drug-likeness (QED) is 0.469. The molecule has 1 aliphatic rings. The number of phenols is 1. The minimum Gasteiger partial charge on any atom is -0.507 e. The van der Waals surface area contributed by atoms with Crippen molar-refractivity contribution in [3.05, 3.63) is 67.1 Å². The van der Waals surface area contributed by atoms with Gasteiger partial charge in [-0.2, -0.15) is 0 Å². The number of thiazole rings is 1. The third-order valence-corrected chi connectivity index (χ3v) is 6.45. The van der Waals surface area contributed by atoms with Gasteiger partial charge in [-0.05, 0) is 44.5 Å². The van der Waals surface area contributed by atoms with E-state index >= 15 is 0 Å². The Morgan fingerprint density at radius 3 is 2.55 bits per heavy atom. The van der Waals surface area contributed by atoms with Crippen LogP contribution < -0.4 is 14.3 Å². The Bertz CT molecular complexity index is 1310. The summed E-state index contributed by atoms with van der Waals surface area (Å²) in [5, 5.41) is 20.1. The van der Waals surface area contributed by atoms with E-state index in [0.717, 1.165) is 16.9 Å². The largest absolute Gasteiger partial charge is 0.507 e. The van der Waals surface area contributed by atoms with Crippen LogP contribution in [0.2, 0.25) is 0 Å². The molecule has 2 heterocycles. The lowest BCUT2D eigenvalue weighted by Crippen LogP contribution is -2.44. The number of ketones is 2. The fourth-order valence-electron chi connectivity index (χ4n) is 3.79. The van der Waals surface area contributed by atoms with Gasteiger partial charge in [0, 0.05) is 12.0 Å². The Balaban J connectivity index is 1.47. The second kappa shape index (κ2) is 8.40. The molecule has 0 bridgehead atoms. The summed E-state index contributed by atoms with van der Waals surface area (Å²) >= 11 is 0.964. The number of carbonyl (C=O) groups excluding carboxylic acids is 2. The van der Waals surface area contributed by atoms with Gasteiger partial charge in [0.2, 0.25) is 5.88 Å². The van der Waals surface area contributed by atoms with E-state index < -0.39 is 5.60 Å². The smallest absolute Gasteiger partial charge is 0.307 e. The van der Waals surface area contributed by atoms with Gasteiger partial charge >= 0.3 is 4.87 Å². The number of carbonyl (C=O) groups is 2. The number of hydrogen-bond acceptors (Lipinski definition) is 8. The SMILES string of the molecule is CC(=O)c1cc2c(c(C)c1O)OC(C)(COc1ccc(Cc3sc(=O)[nH]c3O)cc1)CC2=O. The summed E-state index contributed by atoms with van der Waals surface area (Å²) in [4.78, 5) is 38.5. The van der Waals surface area contributed by atoms with Crippen LogP contribution in [0.25, 0.3) is 0 Å². The van der Waals surface area contributed by atoms with Crippen LogP contribution in [0.5, 0.6) is 23.1 Å². The number of hydrogen-bond donors (Lipinski definition) is 3. The second-order valence-corrected chi connectivity index (χ2v) is 9.45. The van der Waals surface area contributed by atoms with Crippen LogP contribution in [0, 0.1) is 6.92 Å². The molecule has 0 saturated carbocycles. The van der Waals surface area contributed by atoms with Crippen LogP contribution in [0.15, 0.2) is 35.1 Å². The summed E-state index contributed by atoms with van der Waals surface area (Å²) in [7, 11) is 0. The van der Waals surface area contributed by atoms with Crippen molar-refractivity contribution in [2.24, 2.45) is 0 Å². The Morgan fingerprint density at radius 1 is 1.24 bits per heavy atom. The number of phenolic OH excluding ortho intramolecular Hbond substituents is 1. The van der Waals surface area contributed by atoms with Crippen LogP contribution in [0.4, 0.5) is 0 Å².